The van der Waals surface area contributed by atoms with Gasteiger partial charge in [0, 0.05) is 6.54 Å². The van der Waals surface area contributed by atoms with Crippen molar-refractivity contribution < 1.29 is 30.0 Å². The van der Waals surface area contributed by atoms with Gasteiger partial charge in [-0.1, -0.05) is 30.3 Å². The Morgan fingerprint density at radius 1 is 1.03 bits per heavy atom. The van der Waals surface area contributed by atoms with Crippen molar-refractivity contribution in [3.05, 3.63) is 48.5 Å². The molecule has 2 aromatic heterocycles. The van der Waals surface area contributed by atoms with E-state index in [1.54, 1.807) is 0 Å². The fraction of sp³-hybridized carbons (Fsp3) is 0.389. The predicted molar refractivity (Wildman–Crippen MR) is 99.4 cm³/mol. The number of ether oxygens (including phenoxy) is 1. The minimum atomic E-state index is -1.54. The standard InChI is InChI=1S/C18H21N5O6/c24-7-11-13(25)14(26)15(27)18(28-11)29-23-9-22-12-16(20-8-21-17(12)23)19-6-10-4-2-1-3-5-10/h1-5,8-9,11,13-15,18,24-27H,6-7H2,(H,19,20,21)/t11-,13-,14+,15-,18+/m1/s1. The third kappa shape index (κ3) is 3.86. The largest absolute Gasteiger partial charge is 0.394 e. The van der Waals surface area contributed by atoms with E-state index in [9.17, 15) is 20.4 Å². The van der Waals surface area contributed by atoms with Gasteiger partial charge in [-0.2, -0.15) is 0 Å². The maximum atomic E-state index is 10.1. The maximum Gasteiger partial charge on any atom is 0.254 e. The lowest BCUT2D eigenvalue weighted by Crippen LogP contribution is -2.61. The Bertz CT molecular complexity index is 952. The van der Waals surface area contributed by atoms with E-state index < -0.39 is 37.3 Å². The Morgan fingerprint density at radius 3 is 2.59 bits per heavy atom. The molecule has 0 amide bonds. The molecule has 0 radical (unpaired) electrons. The van der Waals surface area contributed by atoms with Crippen LogP contribution in [0.2, 0.25) is 0 Å². The lowest BCUT2D eigenvalue weighted by molar-refractivity contribution is -0.299. The number of fused-ring (bicyclic) bond motifs is 1. The first-order chi connectivity index (χ1) is 14.1. The Balaban J connectivity index is 1.53. The van der Waals surface area contributed by atoms with Crippen LogP contribution in [-0.4, -0.2) is 77.4 Å². The van der Waals surface area contributed by atoms with Gasteiger partial charge < -0.3 is 35.3 Å². The molecule has 0 unspecified atom stereocenters. The quantitative estimate of drug-likeness (QED) is 0.334. The first-order valence-electron chi connectivity index (χ1n) is 9.02. The van der Waals surface area contributed by atoms with Gasteiger partial charge in [-0.15, -0.1) is 4.73 Å². The van der Waals surface area contributed by atoms with Gasteiger partial charge >= 0.3 is 0 Å². The first-order valence-corrected chi connectivity index (χ1v) is 9.02. The molecule has 11 nitrogen and oxygen atoms in total. The summed E-state index contributed by atoms with van der Waals surface area (Å²) in [6, 6.07) is 9.77. The fourth-order valence-electron chi connectivity index (χ4n) is 3.07. The Morgan fingerprint density at radius 2 is 1.83 bits per heavy atom. The summed E-state index contributed by atoms with van der Waals surface area (Å²) in [6.45, 7) is -0.0153. The van der Waals surface area contributed by atoms with Gasteiger partial charge in [0.15, 0.2) is 11.3 Å². The average molecular weight is 403 g/mol. The monoisotopic (exact) mass is 403 g/mol. The summed E-state index contributed by atoms with van der Waals surface area (Å²) >= 11 is 0. The Kier molecular flexibility index (Phi) is 5.56. The lowest BCUT2D eigenvalue weighted by Gasteiger charge is -2.39. The summed E-state index contributed by atoms with van der Waals surface area (Å²) in [6.07, 6.45) is -4.31. The molecule has 0 spiro atoms. The van der Waals surface area contributed by atoms with Crippen molar-refractivity contribution in [2.24, 2.45) is 0 Å². The minimum Gasteiger partial charge on any atom is -0.394 e. The molecule has 0 aliphatic carbocycles. The van der Waals surface area contributed by atoms with E-state index in [2.05, 4.69) is 20.3 Å². The molecular formula is C18H21N5O6. The zero-order valence-corrected chi connectivity index (χ0v) is 15.2. The molecule has 1 aliphatic rings. The van der Waals surface area contributed by atoms with Crippen molar-refractivity contribution in [2.45, 2.75) is 37.3 Å². The van der Waals surface area contributed by atoms with Crippen LogP contribution in [-0.2, 0) is 11.3 Å². The number of rotatable bonds is 6. The van der Waals surface area contributed by atoms with Crippen LogP contribution in [0.4, 0.5) is 5.82 Å². The average Bonchev–Trinajstić information content (AvgIpc) is 3.17. The molecule has 154 valence electrons. The van der Waals surface area contributed by atoms with E-state index in [1.165, 1.54) is 17.4 Å². The summed E-state index contributed by atoms with van der Waals surface area (Å²) < 4.78 is 6.53. The van der Waals surface area contributed by atoms with Gasteiger partial charge in [0.05, 0.1) is 6.61 Å². The van der Waals surface area contributed by atoms with Gasteiger partial charge in [0.25, 0.3) is 6.29 Å². The SMILES string of the molecule is OC[C@H]1O[C@@H](On2cnc3c(NCc4ccccc4)ncnc32)[C@H](O)[C@@H](O)[C@@H]1O. The third-order valence-corrected chi connectivity index (χ3v) is 4.67. The number of aliphatic hydroxyl groups is 4. The normalized spacial score (nSPS) is 27.1. The topological polar surface area (TPSA) is 155 Å². The van der Waals surface area contributed by atoms with Gasteiger partial charge in [-0.25, -0.2) is 15.0 Å². The number of benzene rings is 1. The number of nitrogens with one attached hydrogen (secondary N) is 1. The van der Waals surface area contributed by atoms with Gasteiger partial charge in [-0.05, 0) is 5.56 Å². The van der Waals surface area contributed by atoms with Gasteiger partial charge in [0.1, 0.15) is 37.1 Å². The van der Waals surface area contributed by atoms with Crippen molar-refractivity contribution in [2.75, 3.05) is 11.9 Å². The molecule has 5 N–H and O–H groups in total. The van der Waals surface area contributed by atoms with E-state index in [1.807, 2.05) is 30.3 Å². The van der Waals surface area contributed by atoms with Crippen LogP contribution in [0.15, 0.2) is 43.0 Å². The van der Waals surface area contributed by atoms with Crippen LogP contribution in [0.1, 0.15) is 5.56 Å². The molecule has 0 saturated carbocycles. The van der Waals surface area contributed by atoms with E-state index in [0.29, 0.717) is 23.5 Å². The number of hydrogen-bond acceptors (Lipinski definition) is 10. The van der Waals surface area contributed by atoms with Gasteiger partial charge in [-0.3, -0.25) is 0 Å². The second kappa shape index (κ2) is 8.27. The third-order valence-electron chi connectivity index (χ3n) is 4.67. The van der Waals surface area contributed by atoms with E-state index in [0.717, 1.165) is 5.56 Å². The van der Waals surface area contributed by atoms with Crippen molar-refractivity contribution in [3.8, 4) is 0 Å². The molecule has 5 atom stereocenters. The zero-order chi connectivity index (χ0) is 20.4. The van der Waals surface area contributed by atoms with Crippen molar-refractivity contribution in [1.82, 2.24) is 19.7 Å². The lowest BCUT2D eigenvalue weighted by atomic mass is 9.99. The smallest absolute Gasteiger partial charge is 0.254 e. The second-order valence-electron chi connectivity index (χ2n) is 6.61. The highest BCUT2D eigenvalue weighted by Crippen LogP contribution is 2.22. The highest BCUT2D eigenvalue weighted by atomic mass is 16.8. The summed E-state index contributed by atoms with van der Waals surface area (Å²) in [4.78, 5) is 18.2. The molecule has 29 heavy (non-hydrogen) atoms. The van der Waals surface area contributed by atoms with Crippen LogP contribution < -0.4 is 10.2 Å². The highest BCUT2D eigenvalue weighted by Gasteiger charge is 2.45. The van der Waals surface area contributed by atoms with E-state index in [-0.39, 0.29) is 0 Å². The Hall–Kier alpha value is -2.83. The molecule has 4 rings (SSSR count). The number of aromatic nitrogens is 4. The summed E-state index contributed by atoms with van der Waals surface area (Å²) in [7, 11) is 0. The molecule has 3 aromatic rings. The first kappa shape index (κ1) is 19.5. The van der Waals surface area contributed by atoms with Gasteiger partial charge in [0.2, 0.25) is 5.65 Å². The number of hydrogen-bond donors (Lipinski definition) is 5. The minimum absolute atomic E-state index is 0.313. The van der Waals surface area contributed by atoms with Crippen molar-refractivity contribution >= 4 is 17.0 Å². The number of anilines is 1. The predicted octanol–water partition coefficient (Wildman–Crippen LogP) is -1.33. The van der Waals surface area contributed by atoms with Crippen molar-refractivity contribution in [3.63, 3.8) is 0 Å². The van der Waals surface area contributed by atoms with Crippen LogP contribution in [0, 0.1) is 0 Å². The number of aliphatic hydroxyl groups excluding tert-OH is 4. The van der Waals surface area contributed by atoms with Crippen LogP contribution in [0.25, 0.3) is 11.2 Å². The molecule has 1 fully saturated rings. The molecule has 0 bridgehead atoms. The summed E-state index contributed by atoms with van der Waals surface area (Å²) in [5.74, 6) is 0.495. The summed E-state index contributed by atoms with van der Waals surface area (Å²) in [5.41, 5.74) is 1.82. The summed E-state index contributed by atoms with van der Waals surface area (Å²) in [5, 5.41) is 42.4. The molecule has 11 heteroatoms. The maximum absolute atomic E-state index is 10.1. The van der Waals surface area contributed by atoms with E-state index in [4.69, 9.17) is 9.57 Å². The van der Waals surface area contributed by atoms with Crippen LogP contribution >= 0.6 is 0 Å². The van der Waals surface area contributed by atoms with E-state index >= 15 is 0 Å². The molecular weight excluding hydrogens is 382 g/mol. The molecule has 1 saturated heterocycles. The molecule has 1 aromatic carbocycles. The number of imidazole rings is 1. The second-order valence-corrected chi connectivity index (χ2v) is 6.61. The zero-order valence-electron chi connectivity index (χ0n) is 15.2. The molecule has 1 aliphatic heterocycles. The number of nitrogens with zero attached hydrogens (tertiary/aromatic N) is 4. The van der Waals surface area contributed by atoms with Crippen molar-refractivity contribution in [1.29, 1.82) is 0 Å². The Labute approximate surface area is 165 Å². The van der Waals surface area contributed by atoms with Crippen LogP contribution in [0.3, 0.4) is 0 Å². The highest BCUT2D eigenvalue weighted by molar-refractivity contribution is 5.82. The fourth-order valence-corrected chi connectivity index (χ4v) is 3.07. The molecule has 3 heterocycles. The van der Waals surface area contributed by atoms with Crippen LogP contribution in [0.5, 0.6) is 0 Å².